The smallest absolute Gasteiger partial charge is 0.0110 e. The first-order valence-corrected chi connectivity index (χ1v) is 8.85. The third-order valence-electron chi connectivity index (χ3n) is 5.10. The van der Waals surface area contributed by atoms with E-state index in [-0.39, 0.29) is 0 Å². The zero-order valence-corrected chi connectivity index (χ0v) is 13.0. The van der Waals surface area contributed by atoms with E-state index in [1.54, 1.807) is 0 Å². The van der Waals surface area contributed by atoms with Crippen molar-refractivity contribution in [2.45, 2.75) is 77.2 Å². The summed E-state index contributed by atoms with van der Waals surface area (Å²) in [6, 6.07) is 0.884. The van der Waals surface area contributed by atoms with Gasteiger partial charge < -0.3 is 5.32 Å². The van der Waals surface area contributed by atoms with E-state index in [1.807, 2.05) is 0 Å². The molecule has 2 aliphatic rings. The molecule has 1 heterocycles. The first-order chi connectivity index (χ1) is 9.40. The quantitative estimate of drug-likeness (QED) is 0.705. The zero-order chi connectivity index (χ0) is 13.3. The second-order valence-corrected chi connectivity index (χ2v) is 6.68. The molecule has 2 fully saturated rings. The Bertz CT molecular complexity index is 221. The topological polar surface area (TPSA) is 15.3 Å². The summed E-state index contributed by atoms with van der Waals surface area (Å²) in [6.07, 6.45) is 14.4. The Kier molecular flexibility index (Phi) is 7.23. The van der Waals surface area contributed by atoms with Crippen molar-refractivity contribution in [1.82, 2.24) is 10.2 Å². The maximum atomic E-state index is 3.72. The second-order valence-electron chi connectivity index (χ2n) is 6.68. The second kappa shape index (κ2) is 8.97. The monoisotopic (exact) mass is 266 g/mol. The molecule has 2 rings (SSSR count). The van der Waals surface area contributed by atoms with Gasteiger partial charge in [0.05, 0.1) is 0 Å². The molecule has 1 N–H and O–H groups in total. The van der Waals surface area contributed by atoms with Gasteiger partial charge in [0.1, 0.15) is 0 Å². The van der Waals surface area contributed by atoms with Crippen LogP contribution in [-0.2, 0) is 0 Å². The van der Waals surface area contributed by atoms with Gasteiger partial charge in [0, 0.05) is 19.1 Å². The van der Waals surface area contributed by atoms with Crippen LogP contribution in [0.2, 0.25) is 0 Å². The third-order valence-corrected chi connectivity index (χ3v) is 5.10. The molecule has 0 amide bonds. The van der Waals surface area contributed by atoms with Gasteiger partial charge in [0.15, 0.2) is 0 Å². The highest BCUT2D eigenvalue weighted by atomic mass is 15.2. The molecule has 0 bridgehead atoms. The van der Waals surface area contributed by atoms with Gasteiger partial charge in [-0.2, -0.15) is 0 Å². The highest BCUT2D eigenvalue weighted by molar-refractivity contribution is 4.77. The Balaban J connectivity index is 1.58. The molecule has 2 heteroatoms. The lowest BCUT2D eigenvalue weighted by Gasteiger charge is -2.36. The van der Waals surface area contributed by atoms with Gasteiger partial charge in [-0.3, -0.25) is 4.90 Å². The molecule has 2 nitrogen and oxygen atoms in total. The van der Waals surface area contributed by atoms with Crippen LogP contribution in [0, 0.1) is 5.92 Å². The summed E-state index contributed by atoms with van der Waals surface area (Å²) >= 11 is 0. The minimum absolute atomic E-state index is 0.884. The van der Waals surface area contributed by atoms with Gasteiger partial charge in [0.25, 0.3) is 0 Å². The van der Waals surface area contributed by atoms with Gasteiger partial charge in [-0.1, -0.05) is 39.0 Å². The van der Waals surface area contributed by atoms with Crippen molar-refractivity contribution in [2.24, 2.45) is 5.92 Å². The highest BCUT2D eigenvalue weighted by Gasteiger charge is 2.21. The Hall–Kier alpha value is -0.0800. The van der Waals surface area contributed by atoms with Crippen molar-refractivity contribution in [3.05, 3.63) is 0 Å². The average molecular weight is 266 g/mol. The Morgan fingerprint density at radius 1 is 1.00 bits per heavy atom. The van der Waals surface area contributed by atoms with E-state index in [1.165, 1.54) is 90.4 Å². The summed E-state index contributed by atoms with van der Waals surface area (Å²) in [7, 11) is 0. The van der Waals surface area contributed by atoms with E-state index < -0.39 is 0 Å². The Morgan fingerprint density at radius 2 is 1.79 bits per heavy atom. The van der Waals surface area contributed by atoms with E-state index in [9.17, 15) is 0 Å². The van der Waals surface area contributed by atoms with E-state index in [0.717, 1.165) is 12.0 Å². The maximum Gasteiger partial charge on any atom is 0.0110 e. The van der Waals surface area contributed by atoms with Crippen molar-refractivity contribution < 1.29 is 0 Å². The van der Waals surface area contributed by atoms with Crippen LogP contribution in [0.15, 0.2) is 0 Å². The van der Waals surface area contributed by atoms with Gasteiger partial charge in [-0.05, 0) is 51.1 Å². The van der Waals surface area contributed by atoms with Gasteiger partial charge in [-0.25, -0.2) is 0 Å². The number of nitrogens with one attached hydrogen (secondary N) is 1. The summed E-state index contributed by atoms with van der Waals surface area (Å²) in [4.78, 5) is 2.75. The van der Waals surface area contributed by atoms with Crippen molar-refractivity contribution in [3.8, 4) is 0 Å². The first-order valence-electron chi connectivity index (χ1n) is 8.85. The molecule has 0 aromatic rings. The molecule has 1 unspecified atom stereocenters. The fourth-order valence-corrected chi connectivity index (χ4v) is 3.93. The lowest BCUT2D eigenvalue weighted by atomic mass is 9.89. The van der Waals surface area contributed by atoms with Crippen LogP contribution in [-0.4, -0.2) is 37.1 Å². The fourth-order valence-electron chi connectivity index (χ4n) is 3.93. The van der Waals surface area contributed by atoms with Crippen LogP contribution in [0.4, 0.5) is 0 Å². The number of piperidine rings is 1. The molecule has 1 atom stereocenters. The maximum absolute atomic E-state index is 3.72. The van der Waals surface area contributed by atoms with Crippen molar-refractivity contribution in [2.75, 3.05) is 26.2 Å². The number of likely N-dealkylation sites (tertiary alicyclic amines) is 1. The normalized spacial score (nSPS) is 26.7. The van der Waals surface area contributed by atoms with Crippen LogP contribution < -0.4 is 5.32 Å². The summed E-state index contributed by atoms with van der Waals surface area (Å²) in [5, 5.41) is 3.72. The number of hydrogen-bond donors (Lipinski definition) is 1. The van der Waals surface area contributed by atoms with Crippen LogP contribution in [0.3, 0.4) is 0 Å². The lowest BCUT2D eigenvalue weighted by molar-refractivity contribution is 0.139. The Labute approximate surface area is 120 Å². The molecule has 1 saturated heterocycles. The van der Waals surface area contributed by atoms with Gasteiger partial charge >= 0.3 is 0 Å². The lowest BCUT2D eigenvalue weighted by Crippen LogP contribution is -2.43. The summed E-state index contributed by atoms with van der Waals surface area (Å²) in [5.41, 5.74) is 0. The number of nitrogens with zero attached hydrogens (tertiary/aromatic N) is 1. The molecule has 1 aliphatic heterocycles. The van der Waals surface area contributed by atoms with Crippen LogP contribution in [0.25, 0.3) is 0 Å². The third kappa shape index (κ3) is 5.43. The van der Waals surface area contributed by atoms with E-state index in [0.29, 0.717) is 0 Å². The van der Waals surface area contributed by atoms with Gasteiger partial charge in [0.2, 0.25) is 0 Å². The first kappa shape index (κ1) is 15.3. The SMILES string of the molecule is CCCC1CCCCN1CCNCC1CCCCC1. The fraction of sp³-hybridized carbons (Fsp3) is 1.00. The van der Waals surface area contributed by atoms with Crippen LogP contribution >= 0.6 is 0 Å². The molecule has 19 heavy (non-hydrogen) atoms. The molecule has 112 valence electrons. The minimum Gasteiger partial charge on any atom is -0.315 e. The number of hydrogen-bond acceptors (Lipinski definition) is 2. The highest BCUT2D eigenvalue weighted by Crippen LogP contribution is 2.23. The van der Waals surface area contributed by atoms with E-state index >= 15 is 0 Å². The van der Waals surface area contributed by atoms with Crippen molar-refractivity contribution in [3.63, 3.8) is 0 Å². The minimum atomic E-state index is 0.884. The molecule has 0 aromatic carbocycles. The van der Waals surface area contributed by atoms with E-state index in [4.69, 9.17) is 0 Å². The molecule has 0 radical (unpaired) electrons. The standard InChI is InChI=1S/C17H34N2/c1-2-8-17-11-6-7-13-19(17)14-12-18-15-16-9-4-3-5-10-16/h16-18H,2-15H2,1H3. The molecule has 0 aromatic heterocycles. The van der Waals surface area contributed by atoms with E-state index in [2.05, 4.69) is 17.1 Å². The molecular weight excluding hydrogens is 232 g/mol. The molecular formula is C17H34N2. The predicted octanol–water partition coefficient (Wildman–Crippen LogP) is 3.81. The molecule has 1 saturated carbocycles. The number of rotatable bonds is 7. The molecule has 1 aliphatic carbocycles. The average Bonchev–Trinajstić information content (AvgIpc) is 2.47. The summed E-state index contributed by atoms with van der Waals surface area (Å²) < 4.78 is 0. The largest absolute Gasteiger partial charge is 0.315 e. The molecule has 0 spiro atoms. The van der Waals surface area contributed by atoms with Crippen molar-refractivity contribution >= 4 is 0 Å². The predicted molar refractivity (Wildman–Crippen MR) is 83.6 cm³/mol. The Morgan fingerprint density at radius 3 is 2.58 bits per heavy atom. The van der Waals surface area contributed by atoms with Crippen molar-refractivity contribution in [1.29, 1.82) is 0 Å². The summed E-state index contributed by atoms with van der Waals surface area (Å²) in [5.74, 6) is 0.974. The van der Waals surface area contributed by atoms with Crippen LogP contribution in [0.1, 0.15) is 71.1 Å². The summed E-state index contributed by atoms with van der Waals surface area (Å²) in [6.45, 7) is 7.42. The van der Waals surface area contributed by atoms with Gasteiger partial charge in [-0.15, -0.1) is 0 Å². The zero-order valence-electron chi connectivity index (χ0n) is 13.0. The van der Waals surface area contributed by atoms with Crippen LogP contribution in [0.5, 0.6) is 0 Å².